The van der Waals surface area contributed by atoms with Crippen LogP contribution in [-0.4, -0.2) is 11.1 Å². The number of rotatable bonds is 4. The Labute approximate surface area is 125 Å². The van der Waals surface area contributed by atoms with Gasteiger partial charge < -0.3 is 5.11 Å². The Balaban J connectivity index is 2.21. The number of carboxylic acid groups (broad SMARTS) is 1. The van der Waals surface area contributed by atoms with Crippen LogP contribution in [0.5, 0.6) is 0 Å². The summed E-state index contributed by atoms with van der Waals surface area (Å²) in [5.74, 6) is -0.893. The summed E-state index contributed by atoms with van der Waals surface area (Å²) in [6.07, 6.45) is -0.0755. The summed E-state index contributed by atoms with van der Waals surface area (Å²) in [6.45, 7) is 0. The average molecular weight is 313 g/mol. The van der Waals surface area contributed by atoms with Crippen LogP contribution in [0.1, 0.15) is 5.56 Å². The number of carboxylic acids is 1. The molecule has 0 bridgehead atoms. The van der Waals surface area contributed by atoms with E-state index in [0.717, 1.165) is 9.79 Å². The monoisotopic (exact) mass is 312 g/mol. The van der Waals surface area contributed by atoms with Crippen LogP contribution in [0.4, 0.5) is 0 Å². The molecule has 2 nitrogen and oxygen atoms in total. The van der Waals surface area contributed by atoms with Gasteiger partial charge in [-0.2, -0.15) is 0 Å². The van der Waals surface area contributed by atoms with E-state index >= 15 is 0 Å². The maximum absolute atomic E-state index is 10.7. The van der Waals surface area contributed by atoms with E-state index in [1.165, 1.54) is 11.8 Å². The molecule has 0 aliphatic heterocycles. The van der Waals surface area contributed by atoms with E-state index in [1.54, 1.807) is 12.1 Å². The molecule has 5 heteroatoms. The van der Waals surface area contributed by atoms with Gasteiger partial charge in [-0.25, -0.2) is 0 Å². The molecule has 0 aliphatic carbocycles. The quantitative estimate of drug-likeness (QED) is 0.883. The van der Waals surface area contributed by atoms with Gasteiger partial charge in [-0.05, 0) is 48.0 Å². The molecule has 0 saturated heterocycles. The SMILES string of the molecule is O=C(O)Cc1cc(Sc2ccc(Cl)cc2)ccc1Cl. The molecule has 2 aromatic carbocycles. The molecule has 0 aromatic heterocycles. The largest absolute Gasteiger partial charge is 0.481 e. The Morgan fingerprint density at radius 3 is 2.32 bits per heavy atom. The van der Waals surface area contributed by atoms with Crippen molar-refractivity contribution in [2.45, 2.75) is 16.2 Å². The van der Waals surface area contributed by atoms with Gasteiger partial charge in [0.1, 0.15) is 0 Å². The molecule has 98 valence electrons. The zero-order valence-electron chi connectivity index (χ0n) is 9.77. The Kier molecular flexibility index (Phi) is 4.75. The van der Waals surface area contributed by atoms with Crippen LogP contribution in [0, 0.1) is 0 Å². The highest BCUT2D eigenvalue weighted by molar-refractivity contribution is 7.99. The third-order valence-corrected chi connectivity index (χ3v) is 4.03. The highest BCUT2D eigenvalue weighted by Crippen LogP contribution is 2.31. The van der Waals surface area contributed by atoms with Gasteiger partial charge in [0.15, 0.2) is 0 Å². The fourth-order valence-corrected chi connectivity index (χ4v) is 2.74. The number of halogens is 2. The Morgan fingerprint density at radius 2 is 1.68 bits per heavy atom. The van der Waals surface area contributed by atoms with Crippen LogP contribution in [-0.2, 0) is 11.2 Å². The first-order chi connectivity index (χ1) is 9.04. The second-order valence-corrected chi connectivity index (χ2v) is 5.87. The van der Waals surface area contributed by atoms with Crippen molar-refractivity contribution in [3.05, 3.63) is 58.1 Å². The van der Waals surface area contributed by atoms with Crippen molar-refractivity contribution in [3.63, 3.8) is 0 Å². The van der Waals surface area contributed by atoms with E-state index < -0.39 is 5.97 Å². The van der Waals surface area contributed by atoms with Crippen LogP contribution in [0.2, 0.25) is 10.0 Å². The van der Waals surface area contributed by atoms with Gasteiger partial charge in [0.05, 0.1) is 6.42 Å². The molecule has 0 radical (unpaired) electrons. The molecule has 2 aromatic rings. The summed E-state index contributed by atoms with van der Waals surface area (Å²) < 4.78 is 0. The van der Waals surface area contributed by atoms with Crippen LogP contribution < -0.4 is 0 Å². The van der Waals surface area contributed by atoms with E-state index in [2.05, 4.69) is 0 Å². The van der Waals surface area contributed by atoms with Crippen molar-refractivity contribution in [3.8, 4) is 0 Å². The molecule has 0 unspecified atom stereocenters. The average Bonchev–Trinajstić information content (AvgIpc) is 2.36. The van der Waals surface area contributed by atoms with Crippen LogP contribution in [0.15, 0.2) is 52.3 Å². The number of aliphatic carboxylic acids is 1. The first kappa shape index (κ1) is 14.3. The number of hydrogen-bond acceptors (Lipinski definition) is 2. The molecular weight excluding hydrogens is 303 g/mol. The summed E-state index contributed by atoms with van der Waals surface area (Å²) in [5, 5.41) is 9.98. The van der Waals surface area contributed by atoms with Gasteiger partial charge in [-0.15, -0.1) is 0 Å². The molecule has 1 N–H and O–H groups in total. The van der Waals surface area contributed by atoms with Crippen molar-refractivity contribution in [1.82, 2.24) is 0 Å². The predicted octanol–water partition coefficient (Wildman–Crippen LogP) is 4.77. The topological polar surface area (TPSA) is 37.3 Å². The Morgan fingerprint density at radius 1 is 1.05 bits per heavy atom. The molecule has 0 aliphatic rings. The molecule has 0 spiro atoms. The standard InChI is InChI=1S/C14H10Cl2O2S/c15-10-1-3-11(4-2-10)19-12-5-6-13(16)9(7-12)8-14(17)18/h1-7H,8H2,(H,17,18). The summed E-state index contributed by atoms with van der Waals surface area (Å²) in [7, 11) is 0. The fourth-order valence-electron chi connectivity index (χ4n) is 1.55. The highest BCUT2D eigenvalue weighted by Gasteiger charge is 2.07. The number of benzene rings is 2. The van der Waals surface area contributed by atoms with E-state index in [1.807, 2.05) is 30.3 Å². The lowest BCUT2D eigenvalue weighted by Gasteiger charge is -2.06. The predicted molar refractivity (Wildman–Crippen MR) is 78.4 cm³/mol. The van der Waals surface area contributed by atoms with Crippen molar-refractivity contribution in [2.24, 2.45) is 0 Å². The van der Waals surface area contributed by atoms with Crippen LogP contribution in [0.3, 0.4) is 0 Å². The highest BCUT2D eigenvalue weighted by atomic mass is 35.5. The molecule has 0 amide bonds. The minimum absolute atomic E-state index is 0.0755. The molecule has 0 atom stereocenters. The molecule has 19 heavy (non-hydrogen) atoms. The van der Waals surface area contributed by atoms with E-state index in [4.69, 9.17) is 28.3 Å². The second kappa shape index (κ2) is 6.33. The minimum atomic E-state index is -0.893. The number of hydrogen-bond donors (Lipinski definition) is 1. The zero-order valence-corrected chi connectivity index (χ0v) is 12.1. The van der Waals surface area contributed by atoms with Gasteiger partial charge in [-0.3, -0.25) is 4.79 Å². The number of carbonyl (C=O) groups is 1. The lowest BCUT2D eigenvalue weighted by Crippen LogP contribution is -2.00. The third kappa shape index (κ3) is 4.16. The summed E-state index contributed by atoms with van der Waals surface area (Å²) in [5.41, 5.74) is 0.619. The normalized spacial score (nSPS) is 10.4. The van der Waals surface area contributed by atoms with Crippen molar-refractivity contribution in [1.29, 1.82) is 0 Å². The van der Waals surface area contributed by atoms with Crippen molar-refractivity contribution in [2.75, 3.05) is 0 Å². The summed E-state index contributed by atoms with van der Waals surface area (Å²) in [6, 6.07) is 12.9. The Hall–Kier alpha value is -1.16. The van der Waals surface area contributed by atoms with Gasteiger partial charge in [-0.1, -0.05) is 35.0 Å². The van der Waals surface area contributed by atoms with Gasteiger partial charge in [0.25, 0.3) is 0 Å². The van der Waals surface area contributed by atoms with Gasteiger partial charge in [0.2, 0.25) is 0 Å². The van der Waals surface area contributed by atoms with Gasteiger partial charge >= 0.3 is 5.97 Å². The second-order valence-electron chi connectivity index (χ2n) is 3.88. The van der Waals surface area contributed by atoms with Crippen LogP contribution >= 0.6 is 35.0 Å². The lowest BCUT2D eigenvalue weighted by molar-refractivity contribution is -0.136. The van der Waals surface area contributed by atoms with Crippen molar-refractivity contribution >= 4 is 40.9 Å². The third-order valence-electron chi connectivity index (χ3n) is 2.41. The fraction of sp³-hybridized carbons (Fsp3) is 0.0714. The van der Waals surface area contributed by atoms with Crippen LogP contribution in [0.25, 0.3) is 0 Å². The maximum Gasteiger partial charge on any atom is 0.307 e. The Bertz CT molecular complexity index is 597. The smallest absolute Gasteiger partial charge is 0.307 e. The maximum atomic E-state index is 10.7. The molecular formula is C14H10Cl2O2S. The van der Waals surface area contributed by atoms with E-state index in [-0.39, 0.29) is 6.42 Å². The summed E-state index contributed by atoms with van der Waals surface area (Å²) >= 11 is 13.3. The van der Waals surface area contributed by atoms with Crippen molar-refractivity contribution < 1.29 is 9.90 Å². The lowest BCUT2D eigenvalue weighted by atomic mass is 10.1. The van der Waals surface area contributed by atoms with Gasteiger partial charge in [0, 0.05) is 19.8 Å². The zero-order chi connectivity index (χ0) is 13.8. The molecule has 0 saturated carbocycles. The molecule has 0 fully saturated rings. The minimum Gasteiger partial charge on any atom is -0.481 e. The van der Waals surface area contributed by atoms with E-state index in [9.17, 15) is 4.79 Å². The summed E-state index contributed by atoms with van der Waals surface area (Å²) in [4.78, 5) is 12.7. The first-order valence-electron chi connectivity index (χ1n) is 5.48. The first-order valence-corrected chi connectivity index (χ1v) is 7.05. The van der Waals surface area contributed by atoms with E-state index in [0.29, 0.717) is 15.6 Å². The molecule has 2 rings (SSSR count). The molecule has 0 heterocycles.